The molecular weight excluding hydrogens is 943 g/mol. The molecular formula is C68H50N5Si2-. The van der Waals surface area contributed by atoms with Crippen molar-refractivity contribution in [1.29, 1.82) is 0 Å². The number of rotatable bonds is 9. The summed E-state index contributed by atoms with van der Waals surface area (Å²) in [5.74, 6) is 1.54. The normalized spacial score (nSPS) is 14.2. The average Bonchev–Trinajstić information content (AvgIpc) is 3.96. The van der Waals surface area contributed by atoms with Crippen molar-refractivity contribution in [3.8, 4) is 28.5 Å². The molecule has 0 aliphatic carbocycles. The van der Waals surface area contributed by atoms with E-state index < -0.39 is 16.1 Å². The van der Waals surface area contributed by atoms with E-state index in [-0.39, 0.29) is 0 Å². The Balaban J connectivity index is 0.857. The van der Waals surface area contributed by atoms with Gasteiger partial charge >= 0.3 is 264 Å². The third kappa shape index (κ3) is 6.89. The molecule has 0 spiro atoms. The fourth-order valence-corrected chi connectivity index (χ4v) is 23.8. The van der Waals surface area contributed by atoms with E-state index in [9.17, 15) is 0 Å². The van der Waals surface area contributed by atoms with E-state index in [0.717, 1.165) is 39.8 Å². The Kier molecular flexibility index (Phi) is 10.8. The maximum atomic E-state index is 4.98. The van der Waals surface area contributed by atoms with Crippen LogP contribution in [0.2, 0.25) is 0 Å². The SMILES string of the molecule is c1ccc(-n2c(-c3ccc(N4c5ccccc5[Si](c5ccccc5)(c5ccccc5)c5ccccc54)cc3)nnc2-c2ccc(N3c4ccccc4[SiH-](c4ccccc4)(c4ccccc4)c4ccccc43)cc2)cc1. The molecule has 0 radical (unpaired) electrons. The fraction of sp³-hybridized carbons (Fsp3) is 0. The Morgan fingerprint density at radius 2 is 0.613 bits per heavy atom. The number of benzene rings is 11. The topological polar surface area (TPSA) is 37.2 Å². The zero-order valence-electron chi connectivity index (χ0n) is 41.1. The van der Waals surface area contributed by atoms with E-state index in [4.69, 9.17) is 10.2 Å². The molecule has 0 unspecified atom stereocenters. The van der Waals surface area contributed by atoms with Gasteiger partial charge in [0.05, 0.1) is 0 Å². The molecule has 0 fully saturated rings. The average molecular weight is 993 g/mol. The van der Waals surface area contributed by atoms with E-state index in [1.54, 1.807) is 0 Å². The van der Waals surface area contributed by atoms with Crippen molar-refractivity contribution >= 4 is 91.8 Å². The van der Waals surface area contributed by atoms with Gasteiger partial charge in [-0.15, -0.1) is 0 Å². The van der Waals surface area contributed by atoms with Crippen LogP contribution in [0.4, 0.5) is 34.1 Å². The van der Waals surface area contributed by atoms with Crippen molar-refractivity contribution in [2.24, 2.45) is 0 Å². The number of anilines is 6. The van der Waals surface area contributed by atoms with Crippen LogP contribution in [0.1, 0.15) is 0 Å². The number of para-hydroxylation sites is 5. The maximum absolute atomic E-state index is 4.98. The molecule has 11 aromatic carbocycles. The van der Waals surface area contributed by atoms with Gasteiger partial charge in [-0.05, 0) is 45.0 Å². The van der Waals surface area contributed by atoms with Crippen molar-refractivity contribution in [1.82, 2.24) is 14.8 Å². The molecule has 1 aromatic heterocycles. The van der Waals surface area contributed by atoms with Gasteiger partial charge in [-0.2, -0.15) is 0 Å². The van der Waals surface area contributed by atoms with Crippen LogP contribution in [0.25, 0.3) is 28.5 Å². The van der Waals surface area contributed by atoms with Gasteiger partial charge < -0.3 is 4.90 Å². The van der Waals surface area contributed by atoms with Gasteiger partial charge in [-0.3, -0.25) is 0 Å². The van der Waals surface area contributed by atoms with E-state index in [0.29, 0.717) is 0 Å². The molecule has 75 heavy (non-hydrogen) atoms. The second kappa shape index (κ2) is 18.3. The van der Waals surface area contributed by atoms with Crippen molar-refractivity contribution < 1.29 is 0 Å². The first-order chi connectivity index (χ1) is 37.2. The number of fused-ring (bicyclic) bond motifs is 4. The number of aromatic nitrogens is 3. The summed E-state index contributed by atoms with van der Waals surface area (Å²) < 4.78 is 2.20. The first-order valence-electron chi connectivity index (χ1n) is 25.8. The molecule has 7 heteroatoms. The Morgan fingerprint density at radius 3 is 1.04 bits per heavy atom. The predicted molar refractivity (Wildman–Crippen MR) is 317 cm³/mol. The third-order valence-electron chi connectivity index (χ3n) is 15.8. The van der Waals surface area contributed by atoms with Gasteiger partial charge in [-0.25, -0.2) is 0 Å². The predicted octanol–water partition coefficient (Wildman–Crippen LogP) is 10.7. The molecule has 2 aliphatic heterocycles. The van der Waals surface area contributed by atoms with Crippen LogP contribution in [-0.4, -0.2) is 30.9 Å². The van der Waals surface area contributed by atoms with Crippen LogP contribution >= 0.6 is 0 Å². The molecule has 3 heterocycles. The van der Waals surface area contributed by atoms with E-state index in [1.807, 2.05) is 0 Å². The Labute approximate surface area is 439 Å². The zero-order valence-corrected chi connectivity index (χ0v) is 43.3. The van der Waals surface area contributed by atoms with E-state index in [1.165, 1.54) is 64.2 Å². The molecule has 0 atom stereocenters. The minimum absolute atomic E-state index is 0.772. The molecule has 2 aliphatic rings. The van der Waals surface area contributed by atoms with Gasteiger partial charge in [0.2, 0.25) is 0 Å². The molecule has 5 nitrogen and oxygen atoms in total. The zero-order chi connectivity index (χ0) is 49.8. The number of nitrogens with zero attached hydrogens (tertiary/aromatic N) is 5. The number of hydrogen-bond acceptors (Lipinski definition) is 4. The van der Waals surface area contributed by atoms with Crippen LogP contribution in [0.15, 0.2) is 297 Å². The molecule has 0 saturated heterocycles. The molecule has 0 N–H and O–H groups in total. The third-order valence-corrected chi connectivity index (χ3v) is 26.3. The Morgan fingerprint density at radius 1 is 0.280 bits per heavy atom. The summed E-state index contributed by atoms with van der Waals surface area (Å²) in [6.45, 7) is 0. The monoisotopic (exact) mass is 992 g/mol. The first-order valence-corrected chi connectivity index (χ1v) is 30.1. The van der Waals surface area contributed by atoms with Gasteiger partial charge in [-0.1, -0.05) is 103 Å². The Hall–Kier alpha value is -9.41. The molecule has 356 valence electrons. The van der Waals surface area contributed by atoms with E-state index in [2.05, 4.69) is 312 Å². The summed E-state index contributed by atoms with van der Waals surface area (Å²) in [6.07, 6.45) is 0. The summed E-state index contributed by atoms with van der Waals surface area (Å²) >= 11 is 0. The second-order valence-electron chi connectivity index (χ2n) is 19.6. The standard InChI is InChI=1S/C68H50N5Si2/c1-6-24-52(25-7-1)73-67(50-42-46-53(47-43-50)71-59-34-16-20-38-63(59)74(55-26-8-2-9-27-55,56-28-10-3-11-29-56)64-39-21-17-35-60(64)71)69-70-68(73)51-44-48-54(49-45-51)72-61-36-18-22-40-65(61)75(57-30-12-4-13-31-57,58-32-14-5-15-33-58)66-41-23-19-37-62(66)72/h1-49,74H/q-1. The molecule has 14 rings (SSSR count). The second-order valence-corrected chi connectivity index (χ2v) is 27.6. The fourth-order valence-electron chi connectivity index (χ4n) is 12.8. The molecule has 0 bridgehead atoms. The van der Waals surface area contributed by atoms with E-state index >= 15 is 0 Å². The van der Waals surface area contributed by atoms with Crippen LogP contribution in [0.3, 0.4) is 0 Å². The van der Waals surface area contributed by atoms with Crippen LogP contribution in [-0.2, 0) is 0 Å². The van der Waals surface area contributed by atoms with Gasteiger partial charge in [0.25, 0.3) is 0 Å². The van der Waals surface area contributed by atoms with Crippen molar-refractivity contribution in [2.45, 2.75) is 0 Å². The van der Waals surface area contributed by atoms with Crippen LogP contribution in [0, 0.1) is 0 Å². The van der Waals surface area contributed by atoms with Gasteiger partial charge in [0, 0.05) is 17.1 Å². The number of hydrogen-bond donors (Lipinski definition) is 0. The van der Waals surface area contributed by atoms with Crippen molar-refractivity contribution in [2.75, 3.05) is 9.80 Å². The minimum atomic E-state index is -3.17. The first kappa shape index (κ1) is 44.3. The summed E-state index contributed by atoms with van der Waals surface area (Å²) in [7, 11) is -5.90. The molecule has 0 saturated carbocycles. The summed E-state index contributed by atoms with van der Waals surface area (Å²) in [5, 5.41) is 21.0. The van der Waals surface area contributed by atoms with Crippen molar-refractivity contribution in [3.05, 3.63) is 297 Å². The summed E-state index contributed by atoms with van der Waals surface area (Å²) in [4.78, 5) is 4.91. The quantitative estimate of drug-likeness (QED) is 0.135. The van der Waals surface area contributed by atoms with Crippen LogP contribution in [0.5, 0.6) is 0 Å². The summed E-state index contributed by atoms with van der Waals surface area (Å²) in [5.41, 5.74) is 9.93. The van der Waals surface area contributed by atoms with Gasteiger partial charge in [0.1, 0.15) is 0 Å². The van der Waals surface area contributed by atoms with Gasteiger partial charge in [0.15, 0.2) is 8.07 Å². The summed E-state index contributed by atoms with van der Waals surface area (Å²) in [6, 6.07) is 109. The van der Waals surface area contributed by atoms with Crippen LogP contribution < -0.4 is 51.3 Å². The molecule has 0 amide bonds. The van der Waals surface area contributed by atoms with Crippen molar-refractivity contribution in [3.63, 3.8) is 0 Å². The Bertz CT molecular complexity index is 3580. The molecule has 12 aromatic rings.